The standard InChI is InChI=1S/C16H30B2N6O2/c1-25-17-18(26-2,23-13-5-9-19-7-3-11-21(17)15(19)23)24-14-6-10-20-8-4-12-22(17)16(20)24/h3-14H2,1-2H3/t17-,18+. The molecule has 0 spiro atoms. The van der Waals surface area contributed by atoms with Gasteiger partial charge in [-0.3, -0.25) is 9.80 Å². The first-order valence-corrected chi connectivity index (χ1v) is 10.5. The number of hydrogen-bond acceptors (Lipinski definition) is 6. The normalized spacial score (nSPS) is 38.1. The van der Waals surface area contributed by atoms with Gasteiger partial charge in [0.25, 0.3) is 11.9 Å². The fraction of sp³-hybridized carbons (Fsp3) is 0.875. The number of guanidine groups is 2. The van der Waals surface area contributed by atoms with Crippen LogP contribution in [0, 0.1) is 0 Å². The quantitative estimate of drug-likeness (QED) is 0.578. The van der Waals surface area contributed by atoms with Gasteiger partial charge in [0.05, 0.1) is 26.2 Å². The molecular weight excluding hydrogens is 330 g/mol. The number of nitrogens with zero attached hydrogens (tertiary/aromatic N) is 6. The van der Waals surface area contributed by atoms with Crippen LogP contribution in [0.25, 0.3) is 0 Å². The molecule has 0 bridgehead atoms. The van der Waals surface area contributed by atoms with Crippen LogP contribution in [0.2, 0.25) is 0 Å². The van der Waals surface area contributed by atoms with Crippen LogP contribution in [0.3, 0.4) is 0 Å². The minimum atomic E-state index is -1.43. The van der Waals surface area contributed by atoms with Crippen LogP contribution in [0.1, 0.15) is 25.7 Å². The highest BCUT2D eigenvalue weighted by atomic mass is 16.5. The lowest BCUT2D eigenvalue weighted by molar-refractivity contribution is -0.440. The Balaban J connectivity index is 1.65. The largest absolute Gasteiger partial charge is 0.551 e. The summed E-state index contributed by atoms with van der Waals surface area (Å²) in [5.74, 6) is 2.76. The first-order valence-electron chi connectivity index (χ1n) is 10.5. The van der Waals surface area contributed by atoms with E-state index in [-0.39, 0.29) is 0 Å². The zero-order chi connectivity index (χ0) is 17.5. The predicted octanol–water partition coefficient (Wildman–Crippen LogP) is -1.18. The molecule has 0 saturated carbocycles. The molecule has 0 aromatic carbocycles. The van der Waals surface area contributed by atoms with Crippen LogP contribution in [-0.2, 0) is 9.31 Å². The summed E-state index contributed by atoms with van der Waals surface area (Å²) in [6, 6.07) is 0. The summed E-state index contributed by atoms with van der Waals surface area (Å²) in [6.45, 7) is 6.08. The third-order valence-corrected chi connectivity index (χ3v) is 7.95. The lowest BCUT2D eigenvalue weighted by Crippen LogP contribution is -2.81. The average Bonchev–Trinajstić information content (AvgIpc) is 3.11. The van der Waals surface area contributed by atoms with E-state index in [0.29, 0.717) is 0 Å². The van der Waals surface area contributed by atoms with Crippen molar-refractivity contribution in [2.24, 2.45) is 0 Å². The molecule has 6 heterocycles. The zero-order valence-electron chi connectivity index (χ0n) is 16.1. The molecule has 0 radical (unpaired) electrons. The van der Waals surface area contributed by atoms with E-state index in [2.05, 4.69) is 28.4 Å². The van der Waals surface area contributed by atoms with Crippen molar-refractivity contribution in [3.63, 3.8) is 0 Å². The first kappa shape index (κ1) is 15.6. The molecular formula is C16H30B2N6O2. The Kier molecular flexibility index (Phi) is 3.06. The Bertz CT molecular complexity index is 672. The molecule has 0 N–H and O–H groups in total. The summed E-state index contributed by atoms with van der Waals surface area (Å²) in [4.78, 5) is 10.4. The molecule has 2 saturated heterocycles. The summed E-state index contributed by atoms with van der Waals surface area (Å²) in [5.41, 5.74) is 0. The van der Waals surface area contributed by atoms with Crippen molar-refractivity contribution < 1.29 is 18.3 Å². The third kappa shape index (κ3) is 1.44. The molecule has 0 amide bonds. The summed E-state index contributed by atoms with van der Waals surface area (Å²) in [7, 11) is 3.84. The maximum atomic E-state index is 6.61. The van der Waals surface area contributed by atoms with Gasteiger partial charge in [-0.1, -0.05) is 0 Å². The fourth-order valence-corrected chi connectivity index (χ4v) is 7.35. The summed E-state index contributed by atoms with van der Waals surface area (Å²) in [6.07, 6.45) is 4.81. The van der Waals surface area contributed by atoms with Crippen molar-refractivity contribution >= 4 is 24.9 Å². The van der Waals surface area contributed by atoms with E-state index < -0.39 is 13.0 Å². The molecule has 0 aliphatic carbocycles. The van der Waals surface area contributed by atoms with E-state index in [9.17, 15) is 0 Å². The number of fused-ring (bicyclic) bond motifs is 5. The van der Waals surface area contributed by atoms with Crippen molar-refractivity contribution in [3.05, 3.63) is 0 Å². The van der Waals surface area contributed by atoms with E-state index in [0.717, 1.165) is 52.4 Å². The van der Waals surface area contributed by atoms with Crippen molar-refractivity contribution in [2.75, 3.05) is 66.6 Å². The van der Waals surface area contributed by atoms with E-state index >= 15 is 0 Å². The molecule has 0 aromatic rings. The molecule has 6 rings (SSSR count). The van der Waals surface area contributed by atoms with Gasteiger partial charge in [-0.2, -0.15) is 0 Å². The highest BCUT2D eigenvalue weighted by Gasteiger charge is 2.77. The molecule has 10 heteroatoms. The van der Waals surface area contributed by atoms with Gasteiger partial charge in [-0.15, -0.1) is 0 Å². The highest BCUT2D eigenvalue weighted by molar-refractivity contribution is 7.31. The Morgan fingerprint density at radius 3 is 1.50 bits per heavy atom. The topological polar surface area (TPSA) is 37.4 Å². The summed E-state index contributed by atoms with van der Waals surface area (Å²) >= 11 is 0. The van der Waals surface area contributed by atoms with Crippen molar-refractivity contribution in [1.82, 2.24) is 19.4 Å². The lowest BCUT2D eigenvalue weighted by atomic mass is 9.20. The molecule has 6 aliphatic rings. The molecule has 0 unspecified atom stereocenters. The van der Waals surface area contributed by atoms with Crippen LogP contribution in [0.5, 0.6) is 0 Å². The summed E-state index contributed by atoms with van der Waals surface area (Å²) in [5, 5.41) is 0. The van der Waals surface area contributed by atoms with Gasteiger partial charge in [-0.25, -0.2) is 0 Å². The minimum Gasteiger partial charge on any atom is -0.551 e. The van der Waals surface area contributed by atoms with E-state index in [1.54, 1.807) is 0 Å². The number of rotatable bonds is 2. The number of hydrogen-bond donors (Lipinski definition) is 0. The maximum absolute atomic E-state index is 6.61. The second-order valence-electron chi connectivity index (χ2n) is 8.75. The molecule has 142 valence electrons. The minimum absolute atomic E-state index is 1.07. The third-order valence-electron chi connectivity index (χ3n) is 7.95. The molecule has 6 aliphatic heterocycles. The second kappa shape index (κ2) is 5.10. The van der Waals surface area contributed by atoms with Gasteiger partial charge < -0.3 is 27.9 Å². The molecule has 2 atom stereocenters. The van der Waals surface area contributed by atoms with E-state index in [1.165, 1.54) is 37.6 Å². The molecule has 8 nitrogen and oxygen atoms in total. The Labute approximate surface area is 155 Å². The second-order valence-corrected chi connectivity index (χ2v) is 8.75. The zero-order valence-corrected chi connectivity index (χ0v) is 16.1. The van der Waals surface area contributed by atoms with Crippen LogP contribution in [0.4, 0.5) is 0 Å². The van der Waals surface area contributed by atoms with Crippen molar-refractivity contribution in [2.45, 2.75) is 25.7 Å². The smallest absolute Gasteiger partial charge is 0.407 e. The summed E-state index contributed by atoms with van der Waals surface area (Å²) < 4.78 is 18.4. The Hall–Kier alpha value is -1.41. The highest BCUT2D eigenvalue weighted by Crippen LogP contribution is 2.44. The average molecular weight is 360 g/mol. The van der Waals surface area contributed by atoms with Gasteiger partial charge >= 0.3 is 13.0 Å². The van der Waals surface area contributed by atoms with Crippen LogP contribution < -0.4 is 0 Å². The Morgan fingerprint density at radius 1 is 0.654 bits per heavy atom. The van der Waals surface area contributed by atoms with Gasteiger partial charge in [0.2, 0.25) is 0 Å². The van der Waals surface area contributed by atoms with Gasteiger partial charge in [0.1, 0.15) is 0 Å². The van der Waals surface area contributed by atoms with Gasteiger partial charge in [0.15, 0.2) is 0 Å². The van der Waals surface area contributed by atoms with Crippen molar-refractivity contribution in [1.29, 1.82) is 0 Å². The van der Waals surface area contributed by atoms with Crippen LogP contribution in [0.15, 0.2) is 0 Å². The SMILES string of the molecule is CO[B@@-]12N3CCCN4CCC[N+](=C43)[B@-]1(OC)N1CCCN3CCC[N+]2=C31. The van der Waals surface area contributed by atoms with E-state index in [1.807, 2.05) is 14.2 Å². The van der Waals surface area contributed by atoms with Gasteiger partial charge in [-0.05, 0) is 14.2 Å². The predicted molar refractivity (Wildman–Crippen MR) is 101 cm³/mol. The van der Waals surface area contributed by atoms with Gasteiger partial charge in [0, 0.05) is 51.9 Å². The first-order chi connectivity index (χ1) is 12.8. The van der Waals surface area contributed by atoms with Crippen LogP contribution in [-0.4, -0.2) is 120 Å². The fourth-order valence-electron chi connectivity index (χ4n) is 7.35. The molecule has 26 heavy (non-hydrogen) atoms. The lowest BCUT2D eigenvalue weighted by Gasteiger charge is -2.51. The maximum Gasteiger partial charge on any atom is 0.407 e. The monoisotopic (exact) mass is 360 g/mol. The van der Waals surface area contributed by atoms with Crippen molar-refractivity contribution in [3.8, 4) is 0 Å². The molecule has 0 aromatic heterocycles. The Morgan fingerprint density at radius 2 is 1.08 bits per heavy atom. The van der Waals surface area contributed by atoms with E-state index in [4.69, 9.17) is 9.31 Å². The van der Waals surface area contributed by atoms with Crippen LogP contribution >= 0.6 is 0 Å². The molecule has 2 fully saturated rings.